The van der Waals surface area contributed by atoms with E-state index in [9.17, 15) is 15.0 Å². The van der Waals surface area contributed by atoms with Gasteiger partial charge in [-0.15, -0.1) is 0 Å². The van der Waals surface area contributed by atoms with E-state index in [0.717, 1.165) is 58.0 Å². The van der Waals surface area contributed by atoms with Crippen molar-refractivity contribution in [1.29, 1.82) is 0 Å². The van der Waals surface area contributed by atoms with E-state index in [1.54, 1.807) is 0 Å². The lowest BCUT2D eigenvalue weighted by molar-refractivity contribution is -0.145. The molecule has 0 aromatic heterocycles. The molecular formula is C33H67NO4. The first-order valence-electron chi connectivity index (χ1n) is 16.7. The first-order valence-corrected chi connectivity index (χ1v) is 16.7. The number of rotatable bonds is 30. The Bertz CT molecular complexity index is 488. The van der Waals surface area contributed by atoms with Gasteiger partial charge in [-0.1, -0.05) is 111 Å². The summed E-state index contributed by atoms with van der Waals surface area (Å²) in [4.78, 5) is 14.8. The molecule has 5 nitrogen and oxygen atoms in total. The normalized spacial score (nSPS) is 13.2. The molecular weight excluding hydrogens is 474 g/mol. The minimum atomic E-state index is -0.357. The number of nitrogens with zero attached hydrogens (tertiary/aromatic N) is 1. The minimum absolute atomic E-state index is 0.0322. The topological polar surface area (TPSA) is 70.0 Å². The minimum Gasteiger partial charge on any atom is -0.466 e. The highest BCUT2D eigenvalue weighted by atomic mass is 16.5. The summed E-state index contributed by atoms with van der Waals surface area (Å²) >= 11 is 0. The summed E-state index contributed by atoms with van der Waals surface area (Å²) in [6.07, 6.45) is 24.8. The number of aliphatic hydroxyl groups is 2. The van der Waals surface area contributed by atoms with Crippen LogP contribution in [0.5, 0.6) is 0 Å². The molecule has 0 aliphatic rings. The molecule has 2 unspecified atom stereocenters. The number of hydrogen-bond donors (Lipinski definition) is 2. The van der Waals surface area contributed by atoms with Crippen LogP contribution in [0.2, 0.25) is 0 Å². The second-order valence-corrected chi connectivity index (χ2v) is 11.6. The fourth-order valence-corrected chi connectivity index (χ4v) is 5.30. The van der Waals surface area contributed by atoms with Crippen LogP contribution in [0, 0.1) is 5.92 Å². The Kier molecular flexibility index (Phi) is 28.8. The third kappa shape index (κ3) is 25.6. The smallest absolute Gasteiger partial charge is 0.306 e. The number of carbonyl (C=O) groups is 1. The average molecular weight is 542 g/mol. The standard InChI is InChI=1S/C33H67NO4/c1-4-7-10-13-14-17-23-31(22-16-12-9-6-3)29-33(37)38-28-20-18-24-32(36)30-34(26-21-27-35)25-19-15-11-8-5-2/h31-32,35-36H,4-30H2,1-3H3. The van der Waals surface area contributed by atoms with E-state index in [2.05, 4.69) is 25.7 Å². The SMILES string of the molecule is CCCCCCCCC(CCCCCC)CC(=O)OCCCCC(O)CN(CCCO)CCCCCCC. The zero-order valence-corrected chi connectivity index (χ0v) is 25.9. The first kappa shape index (κ1) is 37.4. The summed E-state index contributed by atoms with van der Waals surface area (Å²) in [7, 11) is 0. The molecule has 0 radical (unpaired) electrons. The van der Waals surface area contributed by atoms with Gasteiger partial charge in [0.25, 0.3) is 0 Å². The molecule has 2 atom stereocenters. The van der Waals surface area contributed by atoms with Gasteiger partial charge in [0.05, 0.1) is 12.7 Å². The van der Waals surface area contributed by atoms with Gasteiger partial charge in [-0.25, -0.2) is 0 Å². The van der Waals surface area contributed by atoms with Crippen molar-refractivity contribution in [3.8, 4) is 0 Å². The van der Waals surface area contributed by atoms with Gasteiger partial charge in [0.1, 0.15) is 0 Å². The number of ether oxygens (including phenoxy) is 1. The molecule has 5 heteroatoms. The van der Waals surface area contributed by atoms with E-state index >= 15 is 0 Å². The molecule has 228 valence electrons. The van der Waals surface area contributed by atoms with Gasteiger partial charge in [0.15, 0.2) is 0 Å². The first-order chi connectivity index (χ1) is 18.6. The van der Waals surface area contributed by atoms with Crippen LogP contribution in [-0.2, 0) is 9.53 Å². The summed E-state index contributed by atoms with van der Waals surface area (Å²) in [6, 6.07) is 0. The number of unbranched alkanes of at least 4 members (excludes halogenated alkanes) is 13. The Morgan fingerprint density at radius 1 is 0.658 bits per heavy atom. The van der Waals surface area contributed by atoms with Crippen molar-refractivity contribution in [2.24, 2.45) is 5.92 Å². The quantitative estimate of drug-likeness (QED) is 0.0705. The van der Waals surface area contributed by atoms with Crippen molar-refractivity contribution >= 4 is 5.97 Å². The van der Waals surface area contributed by atoms with E-state index < -0.39 is 0 Å². The van der Waals surface area contributed by atoms with Crippen LogP contribution in [0.3, 0.4) is 0 Å². The van der Waals surface area contributed by atoms with Crippen molar-refractivity contribution < 1.29 is 19.7 Å². The van der Waals surface area contributed by atoms with Gasteiger partial charge in [-0.3, -0.25) is 4.79 Å². The Balaban J connectivity index is 4.17. The van der Waals surface area contributed by atoms with Crippen LogP contribution in [0.15, 0.2) is 0 Å². The molecule has 0 spiro atoms. The molecule has 0 rings (SSSR count). The highest BCUT2D eigenvalue weighted by Crippen LogP contribution is 2.22. The van der Waals surface area contributed by atoms with Gasteiger partial charge in [-0.2, -0.15) is 0 Å². The van der Waals surface area contributed by atoms with E-state index in [4.69, 9.17) is 4.74 Å². The number of esters is 1. The van der Waals surface area contributed by atoms with Crippen molar-refractivity contribution in [3.63, 3.8) is 0 Å². The second-order valence-electron chi connectivity index (χ2n) is 11.6. The molecule has 0 amide bonds. The Labute approximate surface area is 237 Å². The molecule has 0 saturated heterocycles. The lowest BCUT2D eigenvalue weighted by atomic mass is 9.91. The Hall–Kier alpha value is -0.650. The summed E-state index contributed by atoms with van der Waals surface area (Å²) in [5, 5.41) is 19.8. The molecule has 0 saturated carbocycles. The Morgan fingerprint density at radius 2 is 1.16 bits per heavy atom. The monoisotopic (exact) mass is 542 g/mol. The van der Waals surface area contributed by atoms with Crippen LogP contribution < -0.4 is 0 Å². The lowest BCUT2D eigenvalue weighted by Crippen LogP contribution is -2.34. The molecule has 0 aromatic rings. The Morgan fingerprint density at radius 3 is 1.76 bits per heavy atom. The third-order valence-corrected chi connectivity index (χ3v) is 7.76. The van der Waals surface area contributed by atoms with Gasteiger partial charge in [0, 0.05) is 26.1 Å². The summed E-state index contributed by atoms with van der Waals surface area (Å²) < 4.78 is 5.60. The summed E-state index contributed by atoms with van der Waals surface area (Å²) in [5.74, 6) is 0.439. The molecule has 0 fully saturated rings. The molecule has 0 heterocycles. The van der Waals surface area contributed by atoms with E-state index in [1.165, 1.54) is 89.9 Å². The molecule has 2 N–H and O–H groups in total. The maximum absolute atomic E-state index is 12.5. The van der Waals surface area contributed by atoms with Crippen LogP contribution in [-0.4, -0.2) is 60.0 Å². The molecule has 0 aliphatic heterocycles. The van der Waals surface area contributed by atoms with Gasteiger partial charge in [0.2, 0.25) is 0 Å². The van der Waals surface area contributed by atoms with Crippen LogP contribution in [0.25, 0.3) is 0 Å². The van der Waals surface area contributed by atoms with Gasteiger partial charge < -0.3 is 19.8 Å². The predicted octanol–water partition coefficient (Wildman–Crippen LogP) is 8.44. The van der Waals surface area contributed by atoms with Gasteiger partial charge in [-0.05, 0) is 57.4 Å². The summed E-state index contributed by atoms with van der Waals surface area (Å²) in [6.45, 7) is 9.91. The van der Waals surface area contributed by atoms with Crippen molar-refractivity contribution in [1.82, 2.24) is 4.90 Å². The third-order valence-electron chi connectivity index (χ3n) is 7.76. The number of carbonyl (C=O) groups excluding carboxylic acids is 1. The maximum Gasteiger partial charge on any atom is 0.306 e. The number of aliphatic hydroxyl groups excluding tert-OH is 2. The van der Waals surface area contributed by atoms with Gasteiger partial charge >= 0.3 is 5.97 Å². The molecule has 0 aromatic carbocycles. The molecule has 0 bridgehead atoms. The fourth-order valence-electron chi connectivity index (χ4n) is 5.30. The predicted molar refractivity (Wildman–Crippen MR) is 163 cm³/mol. The van der Waals surface area contributed by atoms with Crippen LogP contribution >= 0.6 is 0 Å². The van der Waals surface area contributed by atoms with E-state index in [1.807, 2.05) is 0 Å². The average Bonchev–Trinajstić information content (AvgIpc) is 2.90. The van der Waals surface area contributed by atoms with Crippen molar-refractivity contribution in [2.75, 3.05) is 32.8 Å². The molecule has 0 aliphatic carbocycles. The lowest BCUT2D eigenvalue weighted by Gasteiger charge is -2.25. The zero-order valence-electron chi connectivity index (χ0n) is 25.9. The van der Waals surface area contributed by atoms with Crippen LogP contribution in [0.4, 0.5) is 0 Å². The van der Waals surface area contributed by atoms with Crippen LogP contribution in [0.1, 0.15) is 162 Å². The van der Waals surface area contributed by atoms with Crippen molar-refractivity contribution in [2.45, 2.75) is 168 Å². The highest BCUT2D eigenvalue weighted by Gasteiger charge is 2.15. The van der Waals surface area contributed by atoms with E-state index in [-0.39, 0.29) is 18.7 Å². The zero-order chi connectivity index (χ0) is 28.1. The maximum atomic E-state index is 12.5. The molecule has 38 heavy (non-hydrogen) atoms. The fraction of sp³-hybridized carbons (Fsp3) is 0.970. The second kappa shape index (κ2) is 29.3. The largest absolute Gasteiger partial charge is 0.466 e. The van der Waals surface area contributed by atoms with E-state index in [0.29, 0.717) is 25.5 Å². The summed E-state index contributed by atoms with van der Waals surface area (Å²) in [5.41, 5.74) is 0. The number of hydrogen-bond acceptors (Lipinski definition) is 5. The highest BCUT2D eigenvalue weighted by molar-refractivity contribution is 5.69. The van der Waals surface area contributed by atoms with Crippen molar-refractivity contribution in [3.05, 3.63) is 0 Å².